The third-order valence-electron chi connectivity index (χ3n) is 3.68. The molecule has 0 bridgehead atoms. The summed E-state index contributed by atoms with van der Waals surface area (Å²) in [7, 11) is -2.84. The molecular formula is C18H16O2Si. The molecule has 3 aromatic carbocycles. The summed E-state index contributed by atoms with van der Waals surface area (Å²) < 4.78 is 5.24. The summed E-state index contributed by atoms with van der Waals surface area (Å²) >= 11 is 0. The van der Waals surface area contributed by atoms with E-state index in [0.717, 1.165) is 15.6 Å². The Kier molecular flexibility index (Phi) is 3.97. The number of hydrogen-bond donors (Lipinski definition) is 1. The summed E-state index contributed by atoms with van der Waals surface area (Å²) in [5, 5.41) is 13.0. The topological polar surface area (TPSA) is 29.5 Å². The fourth-order valence-corrected chi connectivity index (χ4v) is 5.98. The van der Waals surface area contributed by atoms with Crippen molar-refractivity contribution in [2.75, 3.05) is 0 Å². The maximum atomic E-state index is 9.90. The van der Waals surface area contributed by atoms with Crippen molar-refractivity contribution in [3.05, 3.63) is 91.0 Å². The quantitative estimate of drug-likeness (QED) is 0.345. The third kappa shape index (κ3) is 2.42. The summed E-state index contributed by atoms with van der Waals surface area (Å²) in [5.41, 5.74) is 0. The monoisotopic (exact) mass is 292 g/mol. The van der Waals surface area contributed by atoms with Crippen LogP contribution in [0.5, 0.6) is 0 Å². The first kappa shape index (κ1) is 13.8. The minimum absolute atomic E-state index is 1.02. The zero-order valence-electron chi connectivity index (χ0n) is 11.5. The lowest BCUT2D eigenvalue weighted by atomic mass is 10.3. The van der Waals surface area contributed by atoms with Crippen molar-refractivity contribution in [1.82, 2.24) is 0 Å². The molecule has 0 saturated carbocycles. The average Bonchev–Trinajstić information content (AvgIpc) is 2.59. The second kappa shape index (κ2) is 6.05. The van der Waals surface area contributed by atoms with Gasteiger partial charge in [0.05, 0.1) is 0 Å². The van der Waals surface area contributed by atoms with E-state index in [4.69, 9.17) is 4.58 Å². The standard InChI is InChI=1S/C18H16O2Si/c19-20-21(16-10-4-1-5-11-16,17-12-6-2-7-13-17)18-14-8-3-9-15-18/h1-15,19H. The van der Waals surface area contributed by atoms with Crippen LogP contribution < -0.4 is 15.6 Å². The van der Waals surface area contributed by atoms with Gasteiger partial charge in [-0.15, -0.1) is 0 Å². The van der Waals surface area contributed by atoms with Crippen LogP contribution in [-0.2, 0) is 4.58 Å². The lowest BCUT2D eigenvalue weighted by Gasteiger charge is -2.29. The molecule has 104 valence electrons. The summed E-state index contributed by atoms with van der Waals surface area (Å²) in [5.74, 6) is 0. The molecular weight excluding hydrogens is 276 g/mol. The van der Waals surface area contributed by atoms with Crippen molar-refractivity contribution in [3.8, 4) is 0 Å². The predicted octanol–water partition coefficient (Wildman–Crippen LogP) is 2.14. The largest absolute Gasteiger partial charge is 0.331 e. The molecule has 0 unspecified atom stereocenters. The Morgan fingerprint density at radius 2 is 0.810 bits per heavy atom. The number of hydrogen-bond acceptors (Lipinski definition) is 2. The van der Waals surface area contributed by atoms with E-state index in [2.05, 4.69) is 0 Å². The SMILES string of the molecule is OO[Si](c1ccccc1)(c1ccccc1)c1ccccc1. The van der Waals surface area contributed by atoms with Gasteiger partial charge in [0.2, 0.25) is 0 Å². The molecule has 0 aromatic heterocycles. The van der Waals surface area contributed by atoms with Gasteiger partial charge >= 0.3 is 8.32 Å². The number of benzene rings is 3. The van der Waals surface area contributed by atoms with Crippen molar-refractivity contribution in [1.29, 1.82) is 0 Å². The van der Waals surface area contributed by atoms with Gasteiger partial charge in [-0.3, -0.25) is 9.83 Å². The summed E-state index contributed by atoms with van der Waals surface area (Å²) in [6.45, 7) is 0. The molecule has 3 heteroatoms. The Hall–Kier alpha value is -2.20. The van der Waals surface area contributed by atoms with Crippen molar-refractivity contribution in [2.24, 2.45) is 0 Å². The van der Waals surface area contributed by atoms with Crippen LogP contribution in [0, 0.1) is 0 Å². The molecule has 0 spiro atoms. The molecule has 1 N–H and O–H groups in total. The zero-order valence-corrected chi connectivity index (χ0v) is 12.5. The lowest BCUT2D eigenvalue weighted by Crippen LogP contribution is -2.68. The van der Waals surface area contributed by atoms with Crippen LogP contribution >= 0.6 is 0 Å². The van der Waals surface area contributed by atoms with Crippen molar-refractivity contribution in [2.45, 2.75) is 0 Å². The Bertz CT molecular complexity index is 588. The van der Waals surface area contributed by atoms with Gasteiger partial charge < -0.3 is 0 Å². The van der Waals surface area contributed by atoms with E-state index in [0.29, 0.717) is 0 Å². The van der Waals surface area contributed by atoms with Gasteiger partial charge in [-0.05, 0) is 15.6 Å². The highest BCUT2D eigenvalue weighted by Gasteiger charge is 2.42. The fourth-order valence-electron chi connectivity index (χ4n) is 2.68. The second-order valence-corrected chi connectivity index (χ2v) is 8.15. The highest BCUT2D eigenvalue weighted by Crippen LogP contribution is 2.07. The molecule has 0 heterocycles. The van der Waals surface area contributed by atoms with E-state index in [-0.39, 0.29) is 0 Å². The molecule has 21 heavy (non-hydrogen) atoms. The summed E-state index contributed by atoms with van der Waals surface area (Å²) in [6.07, 6.45) is 0. The van der Waals surface area contributed by atoms with Gasteiger partial charge in [-0.2, -0.15) is 0 Å². The summed E-state index contributed by atoms with van der Waals surface area (Å²) in [4.78, 5) is 0. The van der Waals surface area contributed by atoms with Crippen molar-refractivity contribution in [3.63, 3.8) is 0 Å². The molecule has 0 saturated heterocycles. The van der Waals surface area contributed by atoms with Gasteiger partial charge in [0.15, 0.2) is 0 Å². The Morgan fingerprint density at radius 1 is 0.524 bits per heavy atom. The highest BCUT2D eigenvalue weighted by molar-refractivity contribution is 7.06. The molecule has 3 rings (SSSR count). The maximum absolute atomic E-state index is 9.90. The minimum atomic E-state index is -2.84. The molecule has 0 aliphatic rings. The molecule has 0 aliphatic heterocycles. The normalized spacial score (nSPS) is 11.3. The van der Waals surface area contributed by atoms with E-state index in [1.807, 2.05) is 91.0 Å². The first-order chi connectivity index (χ1) is 10.4. The van der Waals surface area contributed by atoms with E-state index >= 15 is 0 Å². The predicted molar refractivity (Wildman–Crippen MR) is 87.7 cm³/mol. The lowest BCUT2D eigenvalue weighted by molar-refractivity contribution is -0.144. The van der Waals surface area contributed by atoms with E-state index < -0.39 is 8.32 Å². The van der Waals surface area contributed by atoms with Crippen LogP contribution in [0.1, 0.15) is 0 Å². The molecule has 0 atom stereocenters. The molecule has 3 aromatic rings. The molecule has 0 amide bonds. The van der Waals surface area contributed by atoms with Crippen molar-refractivity contribution < 1.29 is 9.83 Å². The van der Waals surface area contributed by atoms with Gasteiger partial charge in [-0.25, -0.2) is 0 Å². The smallest absolute Gasteiger partial charge is 0.272 e. The van der Waals surface area contributed by atoms with Gasteiger partial charge in [0, 0.05) is 0 Å². The summed E-state index contributed by atoms with van der Waals surface area (Å²) in [6, 6.07) is 29.8. The van der Waals surface area contributed by atoms with Gasteiger partial charge in [-0.1, -0.05) is 91.0 Å². The fraction of sp³-hybridized carbons (Fsp3) is 0. The Labute approximate surface area is 125 Å². The highest BCUT2D eigenvalue weighted by atomic mass is 28.4. The van der Waals surface area contributed by atoms with Crippen LogP contribution in [-0.4, -0.2) is 13.6 Å². The number of rotatable bonds is 4. The molecule has 0 radical (unpaired) electrons. The van der Waals surface area contributed by atoms with E-state index in [1.54, 1.807) is 0 Å². The van der Waals surface area contributed by atoms with Crippen molar-refractivity contribution >= 4 is 23.9 Å². The zero-order chi connectivity index (χ0) is 14.5. The molecule has 2 nitrogen and oxygen atoms in total. The average molecular weight is 292 g/mol. The third-order valence-corrected chi connectivity index (χ3v) is 7.39. The first-order valence-corrected chi connectivity index (χ1v) is 8.78. The van der Waals surface area contributed by atoms with E-state index in [1.165, 1.54) is 0 Å². The first-order valence-electron chi connectivity index (χ1n) is 6.87. The van der Waals surface area contributed by atoms with Crippen LogP contribution in [0.4, 0.5) is 0 Å². The molecule has 0 fully saturated rings. The van der Waals surface area contributed by atoms with Crippen LogP contribution in [0.3, 0.4) is 0 Å². The maximum Gasteiger partial charge on any atom is 0.331 e. The Balaban J connectivity index is 2.29. The van der Waals surface area contributed by atoms with Crippen LogP contribution in [0.25, 0.3) is 0 Å². The van der Waals surface area contributed by atoms with Crippen LogP contribution in [0.15, 0.2) is 91.0 Å². The second-order valence-electron chi connectivity index (χ2n) is 4.87. The molecule has 0 aliphatic carbocycles. The van der Waals surface area contributed by atoms with Gasteiger partial charge in [0.25, 0.3) is 0 Å². The van der Waals surface area contributed by atoms with Gasteiger partial charge in [0.1, 0.15) is 0 Å². The van der Waals surface area contributed by atoms with Crippen LogP contribution in [0.2, 0.25) is 0 Å². The minimum Gasteiger partial charge on any atom is -0.272 e. The van der Waals surface area contributed by atoms with E-state index in [9.17, 15) is 5.26 Å². The Morgan fingerprint density at radius 3 is 1.05 bits per heavy atom.